The van der Waals surface area contributed by atoms with Gasteiger partial charge in [0, 0.05) is 17.8 Å². The van der Waals surface area contributed by atoms with Crippen LogP contribution in [0.5, 0.6) is 0 Å². The number of carbonyl (C=O) groups is 1. The summed E-state index contributed by atoms with van der Waals surface area (Å²) in [7, 11) is 0. The summed E-state index contributed by atoms with van der Waals surface area (Å²) in [6.45, 7) is 6.39. The fraction of sp³-hybridized carbons (Fsp3) is 0.562. The molecule has 2 rings (SSSR count). The van der Waals surface area contributed by atoms with Gasteiger partial charge in [0.05, 0.1) is 0 Å². The Morgan fingerprint density at radius 3 is 2.53 bits per heavy atom. The van der Waals surface area contributed by atoms with Gasteiger partial charge in [-0.2, -0.15) is 0 Å². The molecular formula is C16H24N2O. The van der Waals surface area contributed by atoms with E-state index in [1.54, 1.807) is 0 Å². The number of anilines is 1. The highest BCUT2D eigenvalue weighted by Crippen LogP contribution is 2.24. The number of hydrogen-bond donors (Lipinski definition) is 1. The summed E-state index contributed by atoms with van der Waals surface area (Å²) in [5.74, 6) is 0. The molecule has 1 N–H and O–H groups in total. The number of hydrogen-bond acceptors (Lipinski definition) is 1. The molecule has 2 unspecified atom stereocenters. The molecule has 1 heterocycles. The molecule has 19 heavy (non-hydrogen) atoms. The van der Waals surface area contributed by atoms with Gasteiger partial charge in [-0.25, -0.2) is 4.79 Å². The first kappa shape index (κ1) is 13.9. The van der Waals surface area contributed by atoms with Crippen LogP contribution in [0.25, 0.3) is 0 Å². The van der Waals surface area contributed by atoms with Crippen molar-refractivity contribution in [2.24, 2.45) is 0 Å². The Bertz CT molecular complexity index is 434. The number of amides is 2. The Morgan fingerprint density at radius 1 is 1.26 bits per heavy atom. The van der Waals surface area contributed by atoms with Crippen molar-refractivity contribution in [3.8, 4) is 0 Å². The molecular weight excluding hydrogens is 236 g/mol. The van der Waals surface area contributed by atoms with E-state index in [-0.39, 0.29) is 6.03 Å². The molecule has 0 saturated carbocycles. The summed E-state index contributed by atoms with van der Waals surface area (Å²) in [6, 6.07) is 8.74. The van der Waals surface area contributed by atoms with Crippen molar-refractivity contribution in [1.82, 2.24) is 4.90 Å². The second-order valence-corrected chi connectivity index (χ2v) is 5.48. The molecule has 0 aliphatic carbocycles. The quantitative estimate of drug-likeness (QED) is 0.855. The third-order valence-corrected chi connectivity index (χ3v) is 4.07. The molecule has 1 aliphatic heterocycles. The molecule has 0 spiro atoms. The monoisotopic (exact) mass is 260 g/mol. The second-order valence-electron chi connectivity index (χ2n) is 5.48. The van der Waals surface area contributed by atoms with Crippen molar-refractivity contribution >= 4 is 11.7 Å². The van der Waals surface area contributed by atoms with E-state index < -0.39 is 0 Å². The Balaban J connectivity index is 2.11. The molecule has 2 atom stereocenters. The van der Waals surface area contributed by atoms with Crippen LogP contribution in [-0.4, -0.2) is 23.0 Å². The van der Waals surface area contributed by atoms with Gasteiger partial charge in [0.1, 0.15) is 0 Å². The Labute approximate surface area is 116 Å². The van der Waals surface area contributed by atoms with E-state index in [0.717, 1.165) is 24.9 Å². The maximum absolute atomic E-state index is 12.5. The van der Waals surface area contributed by atoms with Crippen LogP contribution >= 0.6 is 0 Å². The largest absolute Gasteiger partial charge is 0.322 e. The van der Waals surface area contributed by atoms with Gasteiger partial charge >= 0.3 is 6.03 Å². The number of nitrogens with one attached hydrogen (secondary N) is 1. The summed E-state index contributed by atoms with van der Waals surface area (Å²) in [5.41, 5.74) is 2.13. The van der Waals surface area contributed by atoms with E-state index in [1.807, 2.05) is 23.1 Å². The lowest BCUT2D eigenvalue weighted by Crippen LogP contribution is -2.49. The van der Waals surface area contributed by atoms with Gasteiger partial charge in [0.15, 0.2) is 0 Å². The number of likely N-dealkylation sites (tertiary alicyclic amines) is 1. The van der Waals surface area contributed by atoms with Crippen LogP contribution in [-0.2, 0) is 6.42 Å². The van der Waals surface area contributed by atoms with Crippen LogP contribution in [0.15, 0.2) is 24.3 Å². The zero-order valence-corrected chi connectivity index (χ0v) is 12.1. The summed E-state index contributed by atoms with van der Waals surface area (Å²) < 4.78 is 0. The molecule has 1 saturated heterocycles. The fourth-order valence-electron chi connectivity index (χ4n) is 2.95. The molecule has 0 aromatic heterocycles. The number of piperidine rings is 1. The third-order valence-electron chi connectivity index (χ3n) is 4.07. The Hall–Kier alpha value is -1.51. The standard InChI is InChI=1S/C16H24N2O/c1-4-14-10-5-6-11-15(14)17-16(19)18-12(2)8-7-9-13(18)3/h5-6,10-13H,4,7-9H2,1-3H3,(H,17,19). The number of rotatable bonds is 2. The van der Waals surface area contributed by atoms with Crippen molar-refractivity contribution < 1.29 is 4.79 Å². The molecule has 1 aromatic rings. The first-order chi connectivity index (χ1) is 9.13. The SMILES string of the molecule is CCc1ccccc1NC(=O)N1C(C)CCCC1C. The van der Waals surface area contributed by atoms with Crippen LogP contribution < -0.4 is 5.32 Å². The minimum absolute atomic E-state index is 0.0422. The van der Waals surface area contributed by atoms with E-state index in [9.17, 15) is 4.79 Å². The smallest absolute Gasteiger partial charge is 0.319 e. The Kier molecular flexibility index (Phi) is 4.46. The average Bonchev–Trinajstić information content (AvgIpc) is 2.39. The molecule has 104 valence electrons. The van der Waals surface area contributed by atoms with Crippen molar-refractivity contribution in [3.05, 3.63) is 29.8 Å². The summed E-state index contributed by atoms with van der Waals surface area (Å²) >= 11 is 0. The molecule has 0 radical (unpaired) electrons. The molecule has 1 fully saturated rings. The van der Waals surface area contributed by atoms with E-state index in [0.29, 0.717) is 12.1 Å². The highest BCUT2D eigenvalue weighted by Gasteiger charge is 2.29. The Morgan fingerprint density at radius 2 is 1.89 bits per heavy atom. The highest BCUT2D eigenvalue weighted by molar-refractivity contribution is 5.90. The number of carbonyl (C=O) groups excluding carboxylic acids is 1. The minimum Gasteiger partial charge on any atom is -0.319 e. The molecule has 1 aromatic carbocycles. The van der Waals surface area contributed by atoms with E-state index in [4.69, 9.17) is 0 Å². The second kappa shape index (κ2) is 6.09. The zero-order valence-electron chi connectivity index (χ0n) is 12.1. The first-order valence-corrected chi connectivity index (χ1v) is 7.30. The first-order valence-electron chi connectivity index (χ1n) is 7.30. The van der Waals surface area contributed by atoms with Crippen LogP contribution in [0.2, 0.25) is 0 Å². The summed E-state index contributed by atoms with van der Waals surface area (Å²) in [6.07, 6.45) is 4.36. The lowest BCUT2D eigenvalue weighted by molar-refractivity contribution is 0.133. The maximum Gasteiger partial charge on any atom is 0.322 e. The normalized spacial score (nSPS) is 23.2. The van der Waals surface area contributed by atoms with Crippen LogP contribution in [0.3, 0.4) is 0 Å². The number of nitrogens with zero attached hydrogens (tertiary/aromatic N) is 1. The summed E-state index contributed by atoms with van der Waals surface area (Å²) in [5, 5.41) is 3.08. The summed E-state index contributed by atoms with van der Waals surface area (Å²) in [4.78, 5) is 14.5. The van der Waals surface area contributed by atoms with Crippen molar-refractivity contribution in [1.29, 1.82) is 0 Å². The van der Waals surface area contributed by atoms with E-state index >= 15 is 0 Å². The van der Waals surface area contributed by atoms with Gasteiger partial charge in [-0.1, -0.05) is 25.1 Å². The molecule has 3 heteroatoms. The van der Waals surface area contributed by atoms with Gasteiger partial charge in [-0.15, -0.1) is 0 Å². The average molecular weight is 260 g/mol. The fourth-order valence-corrected chi connectivity index (χ4v) is 2.95. The van der Waals surface area contributed by atoms with Crippen molar-refractivity contribution in [3.63, 3.8) is 0 Å². The third kappa shape index (κ3) is 3.09. The van der Waals surface area contributed by atoms with Gasteiger partial charge in [0.25, 0.3) is 0 Å². The van der Waals surface area contributed by atoms with Crippen LogP contribution in [0.4, 0.5) is 10.5 Å². The number of urea groups is 1. The topological polar surface area (TPSA) is 32.3 Å². The minimum atomic E-state index is 0.0422. The number of aryl methyl sites for hydroxylation is 1. The van der Waals surface area contributed by atoms with Gasteiger partial charge < -0.3 is 10.2 Å². The van der Waals surface area contributed by atoms with E-state index in [2.05, 4.69) is 32.2 Å². The molecule has 2 amide bonds. The lowest BCUT2D eigenvalue weighted by Gasteiger charge is -2.39. The predicted octanol–water partition coefficient (Wildman–Crippen LogP) is 4.04. The van der Waals surface area contributed by atoms with Crippen molar-refractivity contribution in [2.45, 2.75) is 58.5 Å². The van der Waals surface area contributed by atoms with Crippen molar-refractivity contribution in [2.75, 3.05) is 5.32 Å². The lowest BCUT2D eigenvalue weighted by atomic mass is 9.98. The van der Waals surface area contributed by atoms with Crippen LogP contribution in [0, 0.1) is 0 Å². The highest BCUT2D eigenvalue weighted by atomic mass is 16.2. The van der Waals surface area contributed by atoms with Gasteiger partial charge in [0.2, 0.25) is 0 Å². The number of para-hydroxylation sites is 1. The van der Waals surface area contributed by atoms with Crippen LogP contribution in [0.1, 0.15) is 45.6 Å². The molecule has 3 nitrogen and oxygen atoms in total. The maximum atomic E-state index is 12.5. The zero-order chi connectivity index (χ0) is 13.8. The number of benzene rings is 1. The predicted molar refractivity (Wildman–Crippen MR) is 79.5 cm³/mol. The molecule has 0 bridgehead atoms. The van der Waals surface area contributed by atoms with E-state index in [1.165, 1.54) is 12.0 Å². The molecule has 1 aliphatic rings. The van der Waals surface area contributed by atoms with Gasteiger partial charge in [-0.05, 0) is 51.2 Å². The van der Waals surface area contributed by atoms with Gasteiger partial charge in [-0.3, -0.25) is 0 Å².